The maximum atomic E-state index is 13.2. The molecule has 0 fully saturated rings. The number of alkyl halides is 3. The van der Waals surface area contributed by atoms with Crippen LogP contribution in [-0.2, 0) is 22.6 Å². The van der Waals surface area contributed by atoms with Crippen LogP contribution in [0.2, 0.25) is 0 Å². The van der Waals surface area contributed by atoms with Gasteiger partial charge in [-0.1, -0.05) is 26.2 Å². The van der Waals surface area contributed by atoms with E-state index in [1.54, 1.807) is 13.8 Å². The Kier molecular flexibility index (Phi) is 8.52. The van der Waals surface area contributed by atoms with E-state index in [4.69, 9.17) is 4.74 Å². The Morgan fingerprint density at radius 3 is 2.42 bits per heavy atom. The molecule has 2 aromatic heterocycles. The number of hydrogen-bond donors (Lipinski definition) is 2. The Balaban J connectivity index is 1.74. The summed E-state index contributed by atoms with van der Waals surface area (Å²) in [7, 11) is -4.22. The Morgan fingerprint density at radius 2 is 1.77 bits per heavy atom. The molecule has 4 aromatic rings. The van der Waals surface area contributed by atoms with Crippen LogP contribution in [-0.4, -0.2) is 34.6 Å². The molecule has 0 aliphatic carbocycles. The summed E-state index contributed by atoms with van der Waals surface area (Å²) in [4.78, 5) is 20.1. The largest absolute Gasteiger partial charge is 0.493 e. The second-order valence-corrected chi connectivity index (χ2v) is 10.9. The first-order valence-electron chi connectivity index (χ1n) is 12.9. The highest BCUT2D eigenvalue weighted by Gasteiger charge is 2.30. The number of unbranched alkanes of at least 4 members (excludes halogenated alkanes) is 3. The zero-order valence-electron chi connectivity index (χ0n) is 22.3. The van der Waals surface area contributed by atoms with Crippen LogP contribution in [0, 0.1) is 6.92 Å². The van der Waals surface area contributed by atoms with E-state index in [1.165, 1.54) is 22.7 Å². The second-order valence-electron chi connectivity index (χ2n) is 9.26. The van der Waals surface area contributed by atoms with Gasteiger partial charge in [-0.3, -0.25) is 9.52 Å². The monoisotopic (exact) mass is 577 g/mol. The van der Waals surface area contributed by atoms with Crippen molar-refractivity contribution < 1.29 is 26.3 Å². The Labute approximate surface area is 229 Å². The summed E-state index contributed by atoms with van der Waals surface area (Å²) >= 11 is 0. The average Bonchev–Trinajstić information content (AvgIpc) is 3.22. The van der Waals surface area contributed by atoms with Crippen molar-refractivity contribution in [2.45, 2.75) is 63.9 Å². The van der Waals surface area contributed by atoms with Crippen LogP contribution in [0.15, 0.2) is 52.2 Å². The first-order chi connectivity index (χ1) is 18.9. The molecule has 9 nitrogen and oxygen atoms in total. The number of anilines is 1. The summed E-state index contributed by atoms with van der Waals surface area (Å²) in [5.74, 6) is 1.00. The van der Waals surface area contributed by atoms with Crippen molar-refractivity contribution in [3.8, 4) is 17.1 Å². The third-order valence-corrected chi connectivity index (χ3v) is 7.66. The van der Waals surface area contributed by atoms with Crippen molar-refractivity contribution in [2.75, 3.05) is 11.3 Å². The molecule has 0 saturated heterocycles. The van der Waals surface area contributed by atoms with Crippen LogP contribution in [0.25, 0.3) is 16.9 Å². The van der Waals surface area contributed by atoms with Gasteiger partial charge in [0, 0.05) is 12.1 Å². The van der Waals surface area contributed by atoms with Gasteiger partial charge in [0.05, 0.1) is 28.3 Å². The van der Waals surface area contributed by atoms with Crippen molar-refractivity contribution in [2.24, 2.45) is 0 Å². The van der Waals surface area contributed by atoms with E-state index in [-0.39, 0.29) is 28.6 Å². The number of aromatic amines is 1. The summed E-state index contributed by atoms with van der Waals surface area (Å²) in [5.41, 5.74) is -0.317. The van der Waals surface area contributed by atoms with Crippen molar-refractivity contribution in [3.05, 3.63) is 69.9 Å². The van der Waals surface area contributed by atoms with Crippen molar-refractivity contribution in [1.29, 1.82) is 0 Å². The predicted molar refractivity (Wildman–Crippen MR) is 145 cm³/mol. The van der Waals surface area contributed by atoms with Crippen LogP contribution in [0.4, 0.5) is 18.9 Å². The Bertz CT molecular complexity index is 1660. The van der Waals surface area contributed by atoms with E-state index in [9.17, 15) is 26.4 Å². The van der Waals surface area contributed by atoms with E-state index in [1.807, 2.05) is 0 Å². The molecule has 214 valence electrons. The van der Waals surface area contributed by atoms with Crippen LogP contribution >= 0.6 is 0 Å². The van der Waals surface area contributed by atoms with Gasteiger partial charge in [-0.2, -0.15) is 13.2 Å². The second kappa shape index (κ2) is 11.7. The molecule has 13 heteroatoms. The van der Waals surface area contributed by atoms with E-state index in [0.717, 1.165) is 49.9 Å². The average molecular weight is 578 g/mol. The number of halogens is 3. The number of imidazole rings is 1. The molecule has 4 rings (SSSR count). The fourth-order valence-corrected chi connectivity index (χ4v) is 5.40. The maximum absolute atomic E-state index is 13.2. The third kappa shape index (κ3) is 6.30. The van der Waals surface area contributed by atoms with Gasteiger partial charge in [-0.05, 0) is 62.7 Å². The SMILES string of the molecule is CCCCCCc1nc(C)c2c(=O)[nH]c(-c3cc(S(=O)(=O)Nc4ccc(C(F)(F)F)cc4)ccc3OCC)nn12. The summed E-state index contributed by atoms with van der Waals surface area (Å²) in [6.45, 7) is 5.87. The Hall–Kier alpha value is -3.87. The molecule has 0 bridgehead atoms. The fraction of sp³-hybridized carbons (Fsp3) is 0.370. The summed E-state index contributed by atoms with van der Waals surface area (Å²) < 4.78 is 74.5. The van der Waals surface area contributed by atoms with Crippen LogP contribution in [0.5, 0.6) is 5.75 Å². The molecule has 40 heavy (non-hydrogen) atoms. The zero-order valence-corrected chi connectivity index (χ0v) is 23.1. The molecule has 2 N–H and O–H groups in total. The van der Waals surface area contributed by atoms with Gasteiger partial charge < -0.3 is 9.72 Å². The summed E-state index contributed by atoms with van der Waals surface area (Å²) in [6.07, 6.45) is 0.131. The summed E-state index contributed by atoms with van der Waals surface area (Å²) in [5, 5.41) is 4.61. The standard InChI is InChI=1S/C27H30F3N5O4S/c1-4-6-7-8-9-23-31-17(3)24-26(36)32-25(33-35(23)24)21-16-20(14-15-22(21)39-5-2)40(37,38)34-19-12-10-18(11-13-19)27(28,29)30/h10-16,34H,4-9H2,1-3H3,(H,32,33,36). The fourth-order valence-electron chi connectivity index (χ4n) is 4.31. The normalized spacial score (nSPS) is 12.2. The number of rotatable bonds is 11. The maximum Gasteiger partial charge on any atom is 0.416 e. The number of sulfonamides is 1. The molecule has 0 aliphatic heterocycles. The smallest absolute Gasteiger partial charge is 0.416 e. The molecule has 0 atom stereocenters. The summed E-state index contributed by atoms with van der Waals surface area (Å²) in [6, 6.07) is 7.69. The molecular weight excluding hydrogens is 547 g/mol. The van der Waals surface area contributed by atoms with Crippen LogP contribution in [0.3, 0.4) is 0 Å². The lowest BCUT2D eigenvalue weighted by Gasteiger charge is -2.14. The molecule has 0 amide bonds. The van der Waals surface area contributed by atoms with E-state index in [2.05, 4.69) is 26.7 Å². The van der Waals surface area contributed by atoms with Gasteiger partial charge in [0.15, 0.2) is 11.3 Å². The van der Waals surface area contributed by atoms with Crippen molar-refractivity contribution in [1.82, 2.24) is 19.6 Å². The molecule has 2 aromatic carbocycles. The lowest BCUT2D eigenvalue weighted by Crippen LogP contribution is -2.17. The number of hydrogen-bond acceptors (Lipinski definition) is 6. The van der Waals surface area contributed by atoms with Gasteiger partial charge in [-0.15, -0.1) is 5.10 Å². The first kappa shape index (κ1) is 29.1. The van der Waals surface area contributed by atoms with Gasteiger partial charge in [0.2, 0.25) is 0 Å². The molecule has 0 radical (unpaired) electrons. The Morgan fingerprint density at radius 1 is 1.05 bits per heavy atom. The lowest BCUT2D eigenvalue weighted by atomic mass is 10.1. The van der Waals surface area contributed by atoms with Crippen molar-refractivity contribution in [3.63, 3.8) is 0 Å². The minimum Gasteiger partial charge on any atom is -0.493 e. The highest BCUT2D eigenvalue weighted by molar-refractivity contribution is 7.92. The highest BCUT2D eigenvalue weighted by atomic mass is 32.2. The molecular formula is C27H30F3N5O4S. The quantitative estimate of drug-likeness (QED) is 0.220. The molecule has 0 saturated carbocycles. The third-order valence-electron chi connectivity index (χ3n) is 6.28. The number of aromatic nitrogens is 4. The highest BCUT2D eigenvalue weighted by Crippen LogP contribution is 2.32. The number of nitrogens with one attached hydrogen (secondary N) is 2. The van der Waals surface area contributed by atoms with E-state index in [0.29, 0.717) is 29.2 Å². The number of H-pyrrole nitrogens is 1. The number of benzene rings is 2. The van der Waals surface area contributed by atoms with Crippen LogP contribution in [0.1, 0.15) is 56.6 Å². The molecule has 0 aliphatic rings. The van der Waals surface area contributed by atoms with E-state index >= 15 is 0 Å². The minimum atomic E-state index is -4.55. The first-order valence-corrected chi connectivity index (χ1v) is 14.4. The minimum absolute atomic E-state index is 0.0435. The predicted octanol–water partition coefficient (Wildman–Crippen LogP) is 5.73. The van der Waals surface area contributed by atoms with E-state index < -0.39 is 27.3 Å². The number of nitrogens with zero attached hydrogens (tertiary/aromatic N) is 3. The molecule has 2 heterocycles. The molecule has 0 spiro atoms. The molecule has 0 unspecified atom stereocenters. The number of aryl methyl sites for hydroxylation is 2. The van der Waals surface area contributed by atoms with Gasteiger partial charge >= 0.3 is 6.18 Å². The van der Waals surface area contributed by atoms with Gasteiger partial charge in [-0.25, -0.2) is 17.9 Å². The lowest BCUT2D eigenvalue weighted by molar-refractivity contribution is -0.137. The zero-order chi connectivity index (χ0) is 29.1. The number of ether oxygens (including phenoxy) is 1. The van der Waals surface area contributed by atoms with Gasteiger partial charge in [0.25, 0.3) is 15.6 Å². The topological polar surface area (TPSA) is 118 Å². The van der Waals surface area contributed by atoms with Crippen molar-refractivity contribution >= 4 is 21.2 Å². The van der Waals surface area contributed by atoms with Crippen LogP contribution < -0.4 is 15.0 Å². The number of fused-ring (bicyclic) bond motifs is 1. The van der Waals surface area contributed by atoms with Gasteiger partial charge in [0.1, 0.15) is 11.6 Å².